The number of nitriles is 1. The second-order valence-corrected chi connectivity index (χ2v) is 5.69. The third-order valence-corrected chi connectivity index (χ3v) is 4.31. The molecule has 0 atom stereocenters. The van der Waals surface area contributed by atoms with Crippen LogP contribution >= 0.6 is 0 Å². The lowest BCUT2D eigenvalue weighted by atomic mass is 10.1. The molecule has 2 saturated heterocycles. The van der Waals surface area contributed by atoms with Crippen molar-refractivity contribution in [2.75, 3.05) is 26.2 Å². The Kier molecular flexibility index (Phi) is 4.07. The van der Waals surface area contributed by atoms with Gasteiger partial charge in [0.2, 0.25) is 0 Å². The Balaban J connectivity index is 1.64. The fourth-order valence-electron chi connectivity index (χ4n) is 3.16. The number of rotatable bonds is 3. The molecule has 2 heterocycles. The summed E-state index contributed by atoms with van der Waals surface area (Å²) in [4.78, 5) is 16.4. The van der Waals surface area contributed by atoms with Crippen molar-refractivity contribution in [3.63, 3.8) is 0 Å². The van der Waals surface area contributed by atoms with Crippen molar-refractivity contribution in [1.82, 2.24) is 15.1 Å². The number of piperidine rings is 1. The number of amides is 2. The summed E-state index contributed by atoms with van der Waals surface area (Å²) < 4.78 is 0. The van der Waals surface area contributed by atoms with Gasteiger partial charge in [-0.15, -0.1) is 0 Å². The van der Waals surface area contributed by atoms with Crippen LogP contribution in [-0.2, 0) is 6.54 Å². The maximum absolute atomic E-state index is 12.5. The first-order valence-electron chi connectivity index (χ1n) is 7.53. The van der Waals surface area contributed by atoms with Crippen molar-refractivity contribution < 1.29 is 4.79 Å². The minimum Gasteiger partial charge on any atom is -0.320 e. The number of nitrogens with zero attached hydrogens (tertiary/aromatic N) is 3. The highest BCUT2D eigenvalue weighted by Gasteiger charge is 2.33. The molecule has 2 fully saturated rings. The number of urea groups is 1. The first-order chi connectivity index (χ1) is 10.3. The smallest absolute Gasteiger partial charge is 0.320 e. The standard InChI is InChI=1S/C16H20N4O/c17-11-13-2-1-3-14(10-13)12-19-8-9-20(16(19)21)15-4-6-18-7-5-15/h1-3,10,15,18H,4-9,12H2. The van der Waals surface area contributed by atoms with Crippen LogP contribution in [0.3, 0.4) is 0 Å². The van der Waals surface area contributed by atoms with Crippen LogP contribution in [0.2, 0.25) is 0 Å². The van der Waals surface area contributed by atoms with Gasteiger partial charge in [0, 0.05) is 25.7 Å². The number of hydrogen-bond acceptors (Lipinski definition) is 3. The van der Waals surface area contributed by atoms with Gasteiger partial charge in [-0.1, -0.05) is 12.1 Å². The van der Waals surface area contributed by atoms with Crippen LogP contribution in [0.5, 0.6) is 0 Å². The van der Waals surface area contributed by atoms with Crippen LogP contribution in [0, 0.1) is 11.3 Å². The van der Waals surface area contributed by atoms with E-state index in [9.17, 15) is 4.79 Å². The second-order valence-electron chi connectivity index (χ2n) is 5.69. The van der Waals surface area contributed by atoms with Crippen molar-refractivity contribution in [1.29, 1.82) is 5.26 Å². The van der Waals surface area contributed by atoms with E-state index in [0.717, 1.165) is 44.6 Å². The Morgan fingerprint density at radius 2 is 2.10 bits per heavy atom. The summed E-state index contributed by atoms with van der Waals surface area (Å²) in [5.41, 5.74) is 1.67. The van der Waals surface area contributed by atoms with E-state index >= 15 is 0 Å². The van der Waals surface area contributed by atoms with E-state index < -0.39 is 0 Å². The maximum atomic E-state index is 12.5. The summed E-state index contributed by atoms with van der Waals surface area (Å²) in [6, 6.07) is 10.2. The van der Waals surface area contributed by atoms with E-state index in [1.165, 1.54) is 0 Å². The number of carbonyl (C=O) groups excluding carboxylic acids is 1. The zero-order chi connectivity index (χ0) is 14.7. The third-order valence-electron chi connectivity index (χ3n) is 4.31. The van der Waals surface area contributed by atoms with Gasteiger partial charge < -0.3 is 15.1 Å². The monoisotopic (exact) mass is 284 g/mol. The maximum Gasteiger partial charge on any atom is 0.320 e. The highest BCUT2D eigenvalue weighted by atomic mass is 16.2. The Labute approximate surface area is 125 Å². The highest BCUT2D eigenvalue weighted by Crippen LogP contribution is 2.20. The lowest BCUT2D eigenvalue weighted by Crippen LogP contribution is -2.45. The van der Waals surface area contributed by atoms with Crippen LogP contribution in [0.25, 0.3) is 0 Å². The predicted octanol–water partition coefficient (Wildman–Crippen LogP) is 1.55. The molecule has 0 radical (unpaired) electrons. The zero-order valence-electron chi connectivity index (χ0n) is 12.1. The van der Waals surface area contributed by atoms with Crippen LogP contribution in [0.15, 0.2) is 24.3 Å². The topological polar surface area (TPSA) is 59.4 Å². The number of carbonyl (C=O) groups is 1. The SMILES string of the molecule is N#Cc1cccc(CN2CCN(C3CCNCC3)C2=O)c1. The predicted molar refractivity (Wildman–Crippen MR) is 79.6 cm³/mol. The molecule has 1 N–H and O–H groups in total. The van der Waals surface area contributed by atoms with Crippen molar-refractivity contribution in [3.8, 4) is 6.07 Å². The van der Waals surface area contributed by atoms with Crippen LogP contribution in [0.1, 0.15) is 24.0 Å². The number of benzene rings is 1. The number of nitrogens with one attached hydrogen (secondary N) is 1. The Bertz CT molecular complexity index is 560. The van der Waals surface area contributed by atoms with Gasteiger partial charge in [0.05, 0.1) is 11.6 Å². The van der Waals surface area contributed by atoms with E-state index in [0.29, 0.717) is 18.2 Å². The van der Waals surface area contributed by atoms with Crippen molar-refractivity contribution in [2.45, 2.75) is 25.4 Å². The molecule has 0 bridgehead atoms. The first kappa shape index (κ1) is 13.9. The molecule has 0 spiro atoms. The number of hydrogen-bond donors (Lipinski definition) is 1. The van der Waals surface area contributed by atoms with Gasteiger partial charge in [0.15, 0.2) is 0 Å². The fraction of sp³-hybridized carbons (Fsp3) is 0.500. The van der Waals surface area contributed by atoms with E-state index in [1.807, 2.05) is 28.0 Å². The minimum atomic E-state index is 0.143. The molecule has 21 heavy (non-hydrogen) atoms. The summed E-state index contributed by atoms with van der Waals surface area (Å²) >= 11 is 0. The summed E-state index contributed by atoms with van der Waals surface area (Å²) in [5.74, 6) is 0. The van der Waals surface area contributed by atoms with Crippen LogP contribution in [0.4, 0.5) is 4.79 Å². The minimum absolute atomic E-state index is 0.143. The summed E-state index contributed by atoms with van der Waals surface area (Å²) in [5, 5.41) is 12.3. The van der Waals surface area contributed by atoms with Crippen molar-refractivity contribution in [2.24, 2.45) is 0 Å². The summed E-state index contributed by atoms with van der Waals surface area (Å²) in [7, 11) is 0. The largest absolute Gasteiger partial charge is 0.320 e. The van der Waals surface area contributed by atoms with Gasteiger partial charge in [-0.05, 0) is 43.6 Å². The van der Waals surface area contributed by atoms with Gasteiger partial charge in [0.1, 0.15) is 0 Å². The molecule has 1 aromatic carbocycles. The molecule has 2 amide bonds. The molecular formula is C16H20N4O. The lowest BCUT2D eigenvalue weighted by Gasteiger charge is -2.31. The fourth-order valence-corrected chi connectivity index (χ4v) is 3.16. The van der Waals surface area contributed by atoms with E-state index in [2.05, 4.69) is 11.4 Å². The Morgan fingerprint density at radius 3 is 2.86 bits per heavy atom. The van der Waals surface area contributed by atoms with Crippen molar-refractivity contribution in [3.05, 3.63) is 35.4 Å². The molecule has 110 valence electrons. The molecule has 5 heteroatoms. The van der Waals surface area contributed by atoms with Crippen LogP contribution < -0.4 is 5.32 Å². The molecule has 5 nitrogen and oxygen atoms in total. The van der Waals surface area contributed by atoms with Gasteiger partial charge >= 0.3 is 6.03 Å². The Morgan fingerprint density at radius 1 is 1.29 bits per heavy atom. The Hall–Kier alpha value is -2.06. The molecular weight excluding hydrogens is 264 g/mol. The first-order valence-corrected chi connectivity index (χ1v) is 7.53. The molecule has 0 aliphatic carbocycles. The molecule has 0 saturated carbocycles. The molecule has 3 rings (SSSR count). The average Bonchev–Trinajstić information content (AvgIpc) is 2.89. The normalized spacial score (nSPS) is 19.9. The third kappa shape index (κ3) is 3.01. The van der Waals surface area contributed by atoms with Gasteiger partial charge in [-0.2, -0.15) is 5.26 Å². The summed E-state index contributed by atoms with van der Waals surface area (Å²) in [6.07, 6.45) is 2.09. The zero-order valence-corrected chi connectivity index (χ0v) is 12.1. The molecule has 0 unspecified atom stereocenters. The van der Waals surface area contributed by atoms with Crippen molar-refractivity contribution >= 4 is 6.03 Å². The molecule has 2 aliphatic heterocycles. The average molecular weight is 284 g/mol. The highest BCUT2D eigenvalue weighted by molar-refractivity contribution is 5.77. The molecule has 0 aromatic heterocycles. The molecule has 1 aromatic rings. The van der Waals surface area contributed by atoms with Gasteiger partial charge in [-0.25, -0.2) is 4.79 Å². The van der Waals surface area contributed by atoms with E-state index in [4.69, 9.17) is 5.26 Å². The quantitative estimate of drug-likeness (QED) is 0.916. The van der Waals surface area contributed by atoms with E-state index in [-0.39, 0.29) is 6.03 Å². The van der Waals surface area contributed by atoms with Gasteiger partial charge in [-0.3, -0.25) is 0 Å². The summed E-state index contributed by atoms with van der Waals surface area (Å²) in [6.45, 7) is 4.19. The van der Waals surface area contributed by atoms with Gasteiger partial charge in [0.25, 0.3) is 0 Å². The van der Waals surface area contributed by atoms with E-state index in [1.54, 1.807) is 6.07 Å². The molecule has 2 aliphatic rings. The second kappa shape index (κ2) is 6.15. The lowest BCUT2D eigenvalue weighted by molar-refractivity contribution is 0.165. The van der Waals surface area contributed by atoms with Crippen LogP contribution in [-0.4, -0.2) is 48.1 Å².